The van der Waals surface area contributed by atoms with Crippen molar-refractivity contribution in [2.24, 2.45) is 0 Å². The topological polar surface area (TPSA) is 29.1 Å². The van der Waals surface area contributed by atoms with Gasteiger partial charge in [0.2, 0.25) is 5.91 Å². The van der Waals surface area contributed by atoms with E-state index in [9.17, 15) is 4.79 Å². The molecule has 1 heterocycles. The van der Waals surface area contributed by atoms with Gasteiger partial charge in [0.25, 0.3) is 0 Å². The fourth-order valence-corrected chi connectivity index (χ4v) is 3.12. The molecule has 0 unspecified atom stereocenters. The summed E-state index contributed by atoms with van der Waals surface area (Å²) in [6, 6.07) is 24.3. The first-order chi connectivity index (χ1) is 11.3. The molecule has 2 nitrogen and oxygen atoms in total. The highest BCUT2D eigenvalue weighted by Crippen LogP contribution is 2.28. The molecule has 0 saturated carbocycles. The number of thiophene rings is 1. The number of carbonyl (C=O) groups excluding carboxylic acids is 1. The Balaban J connectivity index is 1.58. The molecule has 0 aliphatic rings. The number of rotatable bonds is 5. The lowest BCUT2D eigenvalue weighted by Crippen LogP contribution is -2.19. The van der Waals surface area contributed by atoms with Gasteiger partial charge in [0, 0.05) is 22.4 Å². The molecule has 114 valence electrons. The minimum Gasteiger partial charge on any atom is -0.348 e. The van der Waals surface area contributed by atoms with Crippen LogP contribution in [-0.4, -0.2) is 5.91 Å². The van der Waals surface area contributed by atoms with E-state index in [0.717, 1.165) is 10.4 Å². The molecule has 0 spiro atoms. The van der Waals surface area contributed by atoms with Crippen LogP contribution in [-0.2, 0) is 11.3 Å². The molecule has 0 aliphatic carbocycles. The summed E-state index contributed by atoms with van der Waals surface area (Å²) in [7, 11) is 0. The normalized spacial score (nSPS) is 10.8. The third-order valence-corrected chi connectivity index (χ3v) is 4.49. The van der Waals surface area contributed by atoms with Gasteiger partial charge in [0.1, 0.15) is 0 Å². The highest BCUT2D eigenvalue weighted by Gasteiger charge is 2.01. The maximum Gasteiger partial charge on any atom is 0.244 e. The second kappa shape index (κ2) is 7.56. The van der Waals surface area contributed by atoms with Crippen molar-refractivity contribution in [1.82, 2.24) is 5.32 Å². The largest absolute Gasteiger partial charge is 0.348 e. The Morgan fingerprint density at radius 2 is 1.61 bits per heavy atom. The summed E-state index contributed by atoms with van der Waals surface area (Å²) in [6.07, 6.45) is 3.45. The monoisotopic (exact) mass is 319 g/mol. The van der Waals surface area contributed by atoms with Crippen LogP contribution in [0.3, 0.4) is 0 Å². The van der Waals surface area contributed by atoms with E-state index in [1.54, 1.807) is 17.4 Å². The van der Waals surface area contributed by atoms with Gasteiger partial charge in [-0.3, -0.25) is 4.79 Å². The summed E-state index contributed by atoms with van der Waals surface area (Å²) < 4.78 is 0. The lowest BCUT2D eigenvalue weighted by atomic mass is 10.2. The molecule has 2 aromatic carbocycles. The van der Waals surface area contributed by atoms with Gasteiger partial charge in [-0.15, -0.1) is 11.3 Å². The molecule has 0 saturated heterocycles. The van der Waals surface area contributed by atoms with Crippen LogP contribution < -0.4 is 5.32 Å². The Morgan fingerprint density at radius 3 is 2.35 bits per heavy atom. The van der Waals surface area contributed by atoms with Crippen molar-refractivity contribution in [3.8, 4) is 10.4 Å². The summed E-state index contributed by atoms with van der Waals surface area (Å²) in [4.78, 5) is 14.1. The first-order valence-corrected chi connectivity index (χ1v) is 8.28. The summed E-state index contributed by atoms with van der Waals surface area (Å²) in [6.45, 7) is 0.545. The molecule has 1 N–H and O–H groups in total. The van der Waals surface area contributed by atoms with Crippen molar-refractivity contribution in [1.29, 1.82) is 0 Å². The first kappa shape index (κ1) is 15.3. The molecule has 0 radical (unpaired) electrons. The minimum atomic E-state index is -0.0801. The maximum absolute atomic E-state index is 11.9. The van der Waals surface area contributed by atoms with Crippen molar-refractivity contribution in [3.63, 3.8) is 0 Å². The van der Waals surface area contributed by atoms with Gasteiger partial charge in [-0.1, -0.05) is 60.7 Å². The molecule has 3 rings (SSSR count). The summed E-state index contributed by atoms with van der Waals surface area (Å²) >= 11 is 1.68. The predicted molar refractivity (Wildman–Crippen MR) is 97.1 cm³/mol. The first-order valence-electron chi connectivity index (χ1n) is 7.46. The fourth-order valence-electron chi connectivity index (χ4n) is 2.20. The van der Waals surface area contributed by atoms with E-state index < -0.39 is 0 Å². The van der Waals surface area contributed by atoms with Crippen LogP contribution in [0.4, 0.5) is 0 Å². The van der Waals surface area contributed by atoms with E-state index in [2.05, 4.69) is 23.5 Å². The van der Waals surface area contributed by atoms with E-state index in [-0.39, 0.29) is 5.91 Å². The van der Waals surface area contributed by atoms with E-state index in [1.165, 1.54) is 10.4 Å². The second-order valence-electron chi connectivity index (χ2n) is 5.10. The second-order valence-corrected chi connectivity index (χ2v) is 6.22. The smallest absolute Gasteiger partial charge is 0.244 e. The molecule has 3 aromatic rings. The summed E-state index contributed by atoms with van der Waals surface area (Å²) in [5, 5.41) is 2.89. The van der Waals surface area contributed by atoms with Crippen LogP contribution in [0, 0.1) is 0 Å². The molecule has 1 aromatic heterocycles. The zero-order chi connectivity index (χ0) is 15.9. The number of hydrogen-bond acceptors (Lipinski definition) is 2. The van der Waals surface area contributed by atoms with Crippen molar-refractivity contribution >= 4 is 23.3 Å². The molecule has 1 amide bonds. The van der Waals surface area contributed by atoms with E-state index >= 15 is 0 Å². The Hall–Kier alpha value is -2.65. The number of amides is 1. The quantitative estimate of drug-likeness (QED) is 0.676. The zero-order valence-corrected chi connectivity index (χ0v) is 13.4. The van der Waals surface area contributed by atoms with Crippen molar-refractivity contribution in [2.45, 2.75) is 6.54 Å². The predicted octanol–water partition coefficient (Wildman–Crippen LogP) is 4.74. The zero-order valence-electron chi connectivity index (χ0n) is 12.6. The van der Waals surface area contributed by atoms with Crippen LogP contribution in [0.1, 0.15) is 10.4 Å². The summed E-state index contributed by atoms with van der Waals surface area (Å²) in [5.41, 5.74) is 2.29. The molecule has 3 heteroatoms. The average Bonchev–Trinajstić information content (AvgIpc) is 3.09. The van der Waals surface area contributed by atoms with Gasteiger partial charge in [-0.2, -0.15) is 0 Å². The van der Waals surface area contributed by atoms with Crippen LogP contribution in [0.25, 0.3) is 16.5 Å². The van der Waals surface area contributed by atoms with Crippen molar-refractivity contribution in [2.75, 3.05) is 0 Å². The van der Waals surface area contributed by atoms with Crippen molar-refractivity contribution in [3.05, 3.63) is 89.3 Å². The third-order valence-electron chi connectivity index (χ3n) is 3.39. The minimum absolute atomic E-state index is 0.0801. The Labute approximate surface area is 140 Å². The molecular formula is C20H17NOS. The Kier molecular flexibility index (Phi) is 5.02. The van der Waals surface area contributed by atoms with E-state index in [1.807, 2.05) is 60.7 Å². The number of carbonyl (C=O) groups is 1. The molecule has 23 heavy (non-hydrogen) atoms. The molecule has 0 atom stereocenters. The number of benzene rings is 2. The molecule has 0 aliphatic heterocycles. The number of nitrogens with one attached hydrogen (secondary N) is 1. The molecular weight excluding hydrogens is 302 g/mol. The van der Waals surface area contributed by atoms with Crippen LogP contribution in [0.5, 0.6) is 0 Å². The lowest BCUT2D eigenvalue weighted by molar-refractivity contribution is -0.116. The SMILES string of the molecule is O=C(/C=C/c1ccc(-c2ccccc2)s1)NCc1ccccc1. The fraction of sp³-hybridized carbons (Fsp3) is 0.0500. The van der Waals surface area contributed by atoms with Gasteiger partial charge in [0.05, 0.1) is 0 Å². The Morgan fingerprint density at radius 1 is 0.913 bits per heavy atom. The highest BCUT2D eigenvalue weighted by molar-refractivity contribution is 7.16. The molecule has 0 fully saturated rings. The standard InChI is InChI=1S/C20H17NOS/c22-20(21-15-16-7-3-1-4-8-16)14-12-18-11-13-19(23-18)17-9-5-2-6-10-17/h1-14H,15H2,(H,21,22)/b14-12+. The summed E-state index contributed by atoms with van der Waals surface area (Å²) in [5.74, 6) is -0.0801. The van der Waals surface area contributed by atoms with Crippen LogP contribution in [0.15, 0.2) is 78.9 Å². The van der Waals surface area contributed by atoms with Gasteiger partial charge in [-0.25, -0.2) is 0 Å². The third kappa shape index (κ3) is 4.41. The lowest BCUT2D eigenvalue weighted by Gasteiger charge is -2.01. The Bertz CT molecular complexity index is 791. The van der Waals surface area contributed by atoms with Crippen LogP contribution >= 0.6 is 11.3 Å². The van der Waals surface area contributed by atoms with Gasteiger partial charge >= 0.3 is 0 Å². The molecule has 0 bridgehead atoms. The van der Waals surface area contributed by atoms with Crippen LogP contribution in [0.2, 0.25) is 0 Å². The average molecular weight is 319 g/mol. The maximum atomic E-state index is 11.9. The van der Waals surface area contributed by atoms with Crippen molar-refractivity contribution < 1.29 is 4.79 Å². The van der Waals surface area contributed by atoms with E-state index in [0.29, 0.717) is 6.54 Å². The van der Waals surface area contributed by atoms with Gasteiger partial charge < -0.3 is 5.32 Å². The van der Waals surface area contributed by atoms with Gasteiger partial charge in [0.15, 0.2) is 0 Å². The highest BCUT2D eigenvalue weighted by atomic mass is 32.1. The number of hydrogen-bond donors (Lipinski definition) is 1. The van der Waals surface area contributed by atoms with Gasteiger partial charge in [-0.05, 0) is 29.3 Å². The van der Waals surface area contributed by atoms with E-state index in [4.69, 9.17) is 0 Å².